The van der Waals surface area contributed by atoms with Crippen LogP contribution in [0.15, 0.2) is 11.0 Å². The summed E-state index contributed by atoms with van der Waals surface area (Å²) in [5.74, 6) is -0.600. The molecule has 0 saturated carbocycles. The van der Waals surface area contributed by atoms with Crippen LogP contribution < -0.4 is 5.56 Å². The van der Waals surface area contributed by atoms with Gasteiger partial charge in [0.2, 0.25) is 0 Å². The van der Waals surface area contributed by atoms with Crippen LogP contribution in [0.25, 0.3) is 0 Å². The van der Waals surface area contributed by atoms with Crippen LogP contribution >= 0.6 is 0 Å². The molecule has 0 aliphatic carbocycles. The van der Waals surface area contributed by atoms with E-state index in [0.29, 0.717) is 12.2 Å². The zero-order chi connectivity index (χ0) is 13.8. The first kappa shape index (κ1) is 13.7. The third-order valence-electron chi connectivity index (χ3n) is 3.10. The monoisotopic (exact) mass is 266 g/mol. The van der Waals surface area contributed by atoms with Crippen LogP contribution in [0, 0.1) is 6.92 Å². The predicted octanol–water partition coefficient (Wildman–Crippen LogP) is 1.43. The summed E-state index contributed by atoms with van der Waals surface area (Å²) in [4.78, 5) is 24.1. The Bertz CT molecular complexity index is 518. The van der Waals surface area contributed by atoms with E-state index in [2.05, 4.69) is 5.10 Å². The van der Waals surface area contributed by atoms with Crippen molar-refractivity contribution in [2.75, 3.05) is 13.2 Å². The second-order valence-corrected chi connectivity index (χ2v) is 4.49. The van der Waals surface area contributed by atoms with E-state index < -0.39 is 11.5 Å². The molecule has 0 radical (unpaired) electrons. The molecule has 1 atom stereocenters. The van der Waals surface area contributed by atoms with Crippen molar-refractivity contribution in [3.63, 3.8) is 0 Å². The van der Waals surface area contributed by atoms with E-state index in [1.807, 2.05) is 0 Å². The minimum absolute atomic E-state index is 0.0472. The molecule has 1 aromatic rings. The molecular weight excluding hydrogens is 248 g/mol. The maximum atomic E-state index is 12.3. The molecule has 2 rings (SSSR count). The van der Waals surface area contributed by atoms with E-state index in [4.69, 9.17) is 9.47 Å². The lowest BCUT2D eigenvalue weighted by molar-refractivity contribution is -0.0427. The number of hydrogen-bond donors (Lipinski definition) is 0. The van der Waals surface area contributed by atoms with E-state index in [0.717, 1.165) is 19.3 Å². The van der Waals surface area contributed by atoms with Gasteiger partial charge in [0, 0.05) is 6.61 Å². The molecule has 19 heavy (non-hydrogen) atoms. The summed E-state index contributed by atoms with van der Waals surface area (Å²) >= 11 is 0. The van der Waals surface area contributed by atoms with E-state index in [1.165, 1.54) is 10.9 Å². The van der Waals surface area contributed by atoms with Gasteiger partial charge in [-0.15, -0.1) is 0 Å². The van der Waals surface area contributed by atoms with E-state index in [1.54, 1.807) is 13.8 Å². The molecule has 1 unspecified atom stereocenters. The summed E-state index contributed by atoms with van der Waals surface area (Å²) in [6, 6.07) is 0. The highest BCUT2D eigenvalue weighted by Crippen LogP contribution is 2.20. The largest absolute Gasteiger partial charge is 0.462 e. The molecule has 104 valence electrons. The number of carbonyl (C=O) groups is 1. The van der Waals surface area contributed by atoms with Gasteiger partial charge in [-0.3, -0.25) is 4.79 Å². The van der Waals surface area contributed by atoms with Crippen molar-refractivity contribution >= 4 is 5.97 Å². The third-order valence-corrected chi connectivity index (χ3v) is 3.10. The summed E-state index contributed by atoms with van der Waals surface area (Å²) in [6.45, 7) is 4.23. The molecule has 1 fully saturated rings. The van der Waals surface area contributed by atoms with Crippen LogP contribution in [0.4, 0.5) is 0 Å². The van der Waals surface area contributed by atoms with E-state index >= 15 is 0 Å². The van der Waals surface area contributed by atoms with Crippen molar-refractivity contribution in [3.05, 3.63) is 27.7 Å². The first-order valence-electron chi connectivity index (χ1n) is 6.52. The van der Waals surface area contributed by atoms with Gasteiger partial charge in [-0.1, -0.05) is 0 Å². The average molecular weight is 266 g/mol. The second kappa shape index (κ2) is 5.97. The Kier molecular flexibility index (Phi) is 4.31. The molecule has 0 aromatic carbocycles. The molecule has 2 heterocycles. The smallest absolute Gasteiger partial charge is 0.344 e. The summed E-state index contributed by atoms with van der Waals surface area (Å²) < 4.78 is 11.7. The molecule has 0 bridgehead atoms. The molecule has 1 aliphatic rings. The minimum Gasteiger partial charge on any atom is -0.462 e. The molecule has 0 N–H and O–H groups in total. The molecule has 6 nitrogen and oxygen atoms in total. The van der Waals surface area contributed by atoms with Crippen molar-refractivity contribution in [3.8, 4) is 0 Å². The van der Waals surface area contributed by atoms with Crippen LogP contribution in [-0.4, -0.2) is 29.0 Å². The molecule has 1 aliphatic heterocycles. The average Bonchev–Trinajstić information content (AvgIpc) is 2.40. The quantitative estimate of drug-likeness (QED) is 0.774. The number of ether oxygens (including phenoxy) is 2. The van der Waals surface area contributed by atoms with Gasteiger partial charge in [-0.25, -0.2) is 9.48 Å². The van der Waals surface area contributed by atoms with Crippen LogP contribution in [0.2, 0.25) is 0 Å². The fourth-order valence-electron chi connectivity index (χ4n) is 2.12. The lowest BCUT2D eigenvalue weighted by Crippen LogP contribution is -2.35. The van der Waals surface area contributed by atoms with Gasteiger partial charge in [-0.2, -0.15) is 5.10 Å². The highest BCUT2D eigenvalue weighted by atomic mass is 16.5. The van der Waals surface area contributed by atoms with Gasteiger partial charge in [0.05, 0.1) is 12.8 Å². The Balaban J connectivity index is 2.38. The summed E-state index contributed by atoms with van der Waals surface area (Å²) in [5, 5.41) is 4.08. The van der Waals surface area contributed by atoms with Gasteiger partial charge < -0.3 is 9.47 Å². The van der Waals surface area contributed by atoms with Crippen molar-refractivity contribution in [1.82, 2.24) is 9.78 Å². The molecule has 6 heteroatoms. The third kappa shape index (κ3) is 2.84. The van der Waals surface area contributed by atoms with E-state index in [-0.39, 0.29) is 18.4 Å². The predicted molar refractivity (Wildman–Crippen MR) is 68.0 cm³/mol. The van der Waals surface area contributed by atoms with Crippen molar-refractivity contribution in [2.45, 2.75) is 39.3 Å². The zero-order valence-electron chi connectivity index (χ0n) is 11.2. The summed E-state index contributed by atoms with van der Waals surface area (Å²) in [6.07, 6.45) is 3.84. The fourth-order valence-corrected chi connectivity index (χ4v) is 2.12. The normalized spacial score (nSPS) is 19.2. The van der Waals surface area contributed by atoms with Crippen LogP contribution in [0.3, 0.4) is 0 Å². The number of aryl methyl sites for hydroxylation is 1. The Morgan fingerprint density at radius 2 is 2.37 bits per heavy atom. The van der Waals surface area contributed by atoms with Crippen molar-refractivity contribution in [2.24, 2.45) is 0 Å². The van der Waals surface area contributed by atoms with Crippen LogP contribution in [0.5, 0.6) is 0 Å². The van der Waals surface area contributed by atoms with Gasteiger partial charge >= 0.3 is 5.97 Å². The highest BCUT2D eigenvalue weighted by molar-refractivity contribution is 5.90. The summed E-state index contributed by atoms with van der Waals surface area (Å²) in [5.41, 5.74) is 0.131. The Labute approximate surface area is 111 Å². The minimum atomic E-state index is -0.600. The number of aromatic nitrogens is 2. The molecule has 0 amide bonds. The van der Waals surface area contributed by atoms with Crippen LogP contribution in [0.1, 0.15) is 48.3 Å². The zero-order valence-corrected chi connectivity index (χ0v) is 11.2. The Hall–Kier alpha value is -1.69. The molecule has 1 saturated heterocycles. The Morgan fingerprint density at radius 3 is 3.00 bits per heavy atom. The SMILES string of the molecule is CCOC(=O)c1c(C)cnn(C2CCCCO2)c1=O. The lowest BCUT2D eigenvalue weighted by atomic mass is 10.1. The number of rotatable bonds is 3. The van der Waals surface area contributed by atoms with Crippen molar-refractivity contribution < 1.29 is 14.3 Å². The van der Waals surface area contributed by atoms with Gasteiger partial charge in [-0.05, 0) is 38.7 Å². The second-order valence-electron chi connectivity index (χ2n) is 4.49. The Morgan fingerprint density at radius 1 is 1.58 bits per heavy atom. The first-order chi connectivity index (χ1) is 9.15. The fraction of sp³-hybridized carbons (Fsp3) is 0.615. The standard InChI is InChI=1S/C13H18N2O4/c1-3-18-13(17)11-9(2)8-14-15(12(11)16)10-6-4-5-7-19-10/h8,10H,3-7H2,1-2H3. The topological polar surface area (TPSA) is 70.4 Å². The van der Waals surface area contributed by atoms with Gasteiger partial charge in [0.25, 0.3) is 5.56 Å². The molecule has 0 spiro atoms. The first-order valence-corrected chi connectivity index (χ1v) is 6.52. The number of nitrogens with zero attached hydrogens (tertiary/aromatic N) is 2. The van der Waals surface area contributed by atoms with E-state index in [9.17, 15) is 9.59 Å². The maximum absolute atomic E-state index is 12.3. The van der Waals surface area contributed by atoms with Crippen molar-refractivity contribution in [1.29, 1.82) is 0 Å². The maximum Gasteiger partial charge on any atom is 0.344 e. The lowest BCUT2D eigenvalue weighted by Gasteiger charge is -2.23. The van der Waals surface area contributed by atoms with Gasteiger partial charge in [0.1, 0.15) is 5.56 Å². The number of esters is 1. The molecular formula is C13H18N2O4. The highest BCUT2D eigenvalue weighted by Gasteiger charge is 2.23. The number of hydrogen-bond acceptors (Lipinski definition) is 5. The number of carbonyl (C=O) groups excluding carboxylic acids is 1. The van der Waals surface area contributed by atoms with Crippen LogP contribution in [-0.2, 0) is 9.47 Å². The summed E-state index contributed by atoms with van der Waals surface area (Å²) in [7, 11) is 0. The van der Waals surface area contributed by atoms with Gasteiger partial charge in [0.15, 0.2) is 6.23 Å². The molecule has 1 aromatic heterocycles.